The molecule has 132 valence electrons. The van der Waals surface area contributed by atoms with Crippen LogP contribution in [0.3, 0.4) is 0 Å². The second-order valence-electron chi connectivity index (χ2n) is 9.52. The molecule has 1 amide bonds. The Balaban J connectivity index is 1.89. The molecule has 5 rings (SSSR count). The Labute approximate surface area is 148 Å². The number of amides is 1. The van der Waals surface area contributed by atoms with Gasteiger partial charge in [-0.2, -0.15) is 0 Å². The van der Waals surface area contributed by atoms with Gasteiger partial charge in [0.25, 0.3) is 0 Å². The first kappa shape index (κ1) is 16.6. The van der Waals surface area contributed by atoms with Gasteiger partial charge in [0.15, 0.2) is 0 Å². The standard InChI is InChI=1S/C21H33NOSi/c1-5-16-10-17(6-13(16)2)21(24(3)4)18-8-14-7-15(9-18)12-20(21,11-14)19(22)23/h10,14-15,18,24H,5-9,11-12H2,1-4H3,(H2,22,23). The van der Waals surface area contributed by atoms with Crippen LogP contribution >= 0.6 is 0 Å². The van der Waals surface area contributed by atoms with E-state index in [-0.39, 0.29) is 16.4 Å². The van der Waals surface area contributed by atoms with Gasteiger partial charge in [0.05, 0.1) is 5.41 Å². The maximum atomic E-state index is 13.0. The van der Waals surface area contributed by atoms with Crippen LogP contribution in [0.1, 0.15) is 58.8 Å². The number of primary amides is 1. The number of hydrogen-bond donors (Lipinski definition) is 1. The molecule has 4 fully saturated rings. The molecule has 0 aromatic heterocycles. The molecule has 0 radical (unpaired) electrons. The van der Waals surface area contributed by atoms with Crippen molar-refractivity contribution in [3.8, 4) is 0 Å². The van der Waals surface area contributed by atoms with Gasteiger partial charge in [-0.15, -0.1) is 0 Å². The molecule has 3 unspecified atom stereocenters. The third kappa shape index (κ3) is 1.85. The van der Waals surface area contributed by atoms with Crippen molar-refractivity contribution in [2.24, 2.45) is 28.9 Å². The highest BCUT2D eigenvalue weighted by Crippen LogP contribution is 2.76. The fourth-order valence-electron chi connectivity index (χ4n) is 7.89. The summed E-state index contributed by atoms with van der Waals surface area (Å²) < 4.78 is 0. The van der Waals surface area contributed by atoms with Crippen LogP contribution in [0.15, 0.2) is 22.8 Å². The summed E-state index contributed by atoms with van der Waals surface area (Å²) in [6.45, 7) is 9.55. The van der Waals surface area contributed by atoms with Crippen molar-refractivity contribution in [3.05, 3.63) is 22.8 Å². The molecule has 0 aromatic carbocycles. The third-order valence-electron chi connectivity index (χ3n) is 8.26. The lowest BCUT2D eigenvalue weighted by atomic mass is 9.42. The fourth-order valence-corrected chi connectivity index (χ4v) is 11.5. The van der Waals surface area contributed by atoms with Crippen LogP contribution in [0.4, 0.5) is 0 Å². The van der Waals surface area contributed by atoms with E-state index in [9.17, 15) is 4.79 Å². The number of carbonyl (C=O) groups is 1. The first-order valence-electron chi connectivity index (χ1n) is 10.0. The second kappa shape index (κ2) is 5.33. The maximum Gasteiger partial charge on any atom is 0.224 e. The molecular weight excluding hydrogens is 310 g/mol. The molecule has 0 spiro atoms. The van der Waals surface area contributed by atoms with Crippen LogP contribution in [-0.2, 0) is 4.79 Å². The van der Waals surface area contributed by atoms with Crippen LogP contribution in [0, 0.1) is 23.2 Å². The number of carbonyl (C=O) groups excluding carboxylic acids is 1. The summed E-state index contributed by atoms with van der Waals surface area (Å²) in [4.78, 5) is 13.0. The molecule has 0 aliphatic heterocycles. The lowest BCUT2D eigenvalue weighted by Crippen LogP contribution is -2.65. The van der Waals surface area contributed by atoms with Gasteiger partial charge in [0.1, 0.15) is 0 Å². The third-order valence-corrected chi connectivity index (χ3v) is 11.5. The molecule has 4 bridgehead atoms. The highest BCUT2D eigenvalue weighted by atomic mass is 28.3. The Kier molecular flexibility index (Phi) is 3.69. The SMILES string of the molecule is CCC1=C(C)CC(C2([SiH](C)C)C3CC4CC(C3)CC2(C(N)=O)C4)=C1. The molecule has 2 N–H and O–H groups in total. The molecule has 3 atom stereocenters. The van der Waals surface area contributed by atoms with E-state index in [2.05, 4.69) is 33.0 Å². The maximum absolute atomic E-state index is 13.0. The lowest BCUT2D eigenvalue weighted by Gasteiger charge is -2.68. The van der Waals surface area contributed by atoms with Crippen molar-refractivity contribution in [3.63, 3.8) is 0 Å². The molecule has 3 heteroatoms. The van der Waals surface area contributed by atoms with Gasteiger partial charge in [-0.1, -0.05) is 37.2 Å². The van der Waals surface area contributed by atoms with E-state index < -0.39 is 8.80 Å². The van der Waals surface area contributed by atoms with Crippen LogP contribution in [0.5, 0.6) is 0 Å². The van der Waals surface area contributed by atoms with Crippen LogP contribution < -0.4 is 5.73 Å². The van der Waals surface area contributed by atoms with Crippen molar-refractivity contribution in [1.29, 1.82) is 0 Å². The largest absolute Gasteiger partial charge is 0.369 e. The molecular formula is C21H33NOSi. The van der Waals surface area contributed by atoms with Crippen LogP contribution in [-0.4, -0.2) is 14.7 Å². The zero-order valence-corrected chi connectivity index (χ0v) is 17.0. The smallest absolute Gasteiger partial charge is 0.224 e. The number of nitrogens with two attached hydrogens (primary N) is 1. The van der Waals surface area contributed by atoms with Gasteiger partial charge in [-0.05, 0) is 75.2 Å². The summed E-state index contributed by atoms with van der Waals surface area (Å²) in [5.41, 5.74) is 10.7. The van der Waals surface area contributed by atoms with Gasteiger partial charge in [0, 0.05) is 13.8 Å². The first-order valence-corrected chi connectivity index (χ1v) is 12.9. The monoisotopic (exact) mass is 343 g/mol. The van der Waals surface area contributed by atoms with Gasteiger partial charge >= 0.3 is 0 Å². The van der Waals surface area contributed by atoms with Crippen molar-refractivity contribution >= 4 is 14.7 Å². The number of rotatable bonds is 4. The van der Waals surface area contributed by atoms with Crippen molar-refractivity contribution in [2.45, 2.75) is 76.9 Å². The Morgan fingerprint density at radius 1 is 1.25 bits per heavy atom. The van der Waals surface area contributed by atoms with Crippen molar-refractivity contribution in [1.82, 2.24) is 0 Å². The van der Waals surface area contributed by atoms with Crippen LogP contribution in [0.2, 0.25) is 18.1 Å². The average Bonchev–Trinajstić information content (AvgIpc) is 2.87. The summed E-state index contributed by atoms with van der Waals surface area (Å²) in [5.74, 6) is 2.28. The van der Waals surface area contributed by atoms with E-state index in [1.54, 1.807) is 5.57 Å². The van der Waals surface area contributed by atoms with E-state index >= 15 is 0 Å². The van der Waals surface area contributed by atoms with Gasteiger partial charge in [0.2, 0.25) is 5.91 Å². The number of hydrogen-bond acceptors (Lipinski definition) is 1. The van der Waals surface area contributed by atoms with Crippen molar-refractivity contribution in [2.75, 3.05) is 0 Å². The molecule has 0 aromatic rings. The highest BCUT2D eigenvalue weighted by molar-refractivity contribution is 6.61. The quantitative estimate of drug-likeness (QED) is 0.746. The second-order valence-corrected chi connectivity index (χ2v) is 12.7. The molecule has 0 saturated heterocycles. The molecule has 24 heavy (non-hydrogen) atoms. The molecule has 0 heterocycles. The Bertz CT molecular complexity index is 632. The minimum Gasteiger partial charge on any atom is -0.369 e. The average molecular weight is 344 g/mol. The highest BCUT2D eigenvalue weighted by Gasteiger charge is 2.70. The van der Waals surface area contributed by atoms with E-state index in [1.807, 2.05) is 0 Å². The zero-order chi connectivity index (χ0) is 17.3. The summed E-state index contributed by atoms with van der Waals surface area (Å²) in [7, 11) is -1.11. The van der Waals surface area contributed by atoms with Crippen molar-refractivity contribution < 1.29 is 4.79 Å². The summed E-state index contributed by atoms with van der Waals surface area (Å²) >= 11 is 0. The Morgan fingerprint density at radius 2 is 1.88 bits per heavy atom. The Morgan fingerprint density at radius 3 is 2.33 bits per heavy atom. The molecule has 2 nitrogen and oxygen atoms in total. The van der Waals surface area contributed by atoms with E-state index in [0.29, 0.717) is 0 Å². The molecule has 5 aliphatic carbocycles. The summed E-state index contributed by atoms with van der Waals surface area (Å²) in [6.07, 6.45) is 11.0. The Hall–Kier alpha value is -0.833. The van der Waals surface area contributed by atoms with Crippen LogP contribution in [0.25, 0.3) is 0 Å². The molecule has 5 aliphatic rings. The predicted octanol–water partition coefficient (Wildman–Crippen LogP) is 4.58. The fraction of sp³-hybridized carbons (Fsp3) is 0.762. The minimum absolute atomic E-state index is 0.0336. The minimum atomic E-state index is -1.11. The zero-order valence-electron chi connectivity index (χ0n) is 15.8. The first-order chi connectivity index (χ1) is 11.3. The van der Waals surface area contributed by atoms with E-state index in [1.165, 1.54) is 30.4 Å². The normalized spacial score (nSPS) is 43.7. The summed E-state index contributed by atoms with van der Waals surface area (Å²) in [5, 5.41) is 0.143. The van der Waals surface area contributed by atoms with E-state index in [0.717, 1.165) is 43.4 Å². The van der Waals surface area contributed by atoms with Gasteiger partial charge < -0.3 is 5.73 Å². The van der Waals surface area contributed by atoms with Gasteiger partial charge in [-0.3, -0.25) is 4.79 Å². The topological polar surface area (TPSA) is 43.1 Å². The molecule has 4 saturated carbocycles. The summed E-state index contributed by atoms with van der Waals surface area (Å²) in [6, 6.07) is 0. The van der Waals surface area contributed by atoms with E-state index in [4.69, 9.17) is 5.73 Å². The predicted molar refractivity (Wildman–Crippen MR) is 102 cm³/mol. The van der Waals surface area contributed by atoms with Gasteiger partial charge in [-0.25, -0.2) is 0 Å². The lowest BCUT2D eigenvalue weighted by molar-refractivity contribution is -0.149. The number of allylic oxidation sites excluding steroid dienone is 4.